The fourth-order valence-electron chi connectivity index (χ4n) is 1.69. The fourth-order valence-corrected chi connectivity index (χ4v) is 2.62. The van der Waals surface area contributed by atoms with Gasteiger partial charge in [-0.1, -0.05) is 22.8 Å². The van der Waals surface area contributed by atoms with E-state index in [1.54, 1.807) is 12.1 Å². The lowest BCUT2D eigenvalue weighted by Gasteiger charge is -2.32. The van der Waals surface area contributed by atoms with Gasteiger partial charge < -0.3 is 5.32 Å². The Balaban J connectivity index is 2.01. The van der Waals surface area contributed by atoms with Crippen molar-refractivity contribution in [2.75, 3.05) is 6.61 Å². The minimum absolute atomic E-state index is 0.0362. The Morgan fingerprint density at radius 2 is 2.05 bits per heavy atom. The van der Waals surface area contributed by atoms with Gasteiger partial charge in [0, 0.05) is 4.91 Å². The number of azide groups is 1. The molecular formula is C11H12N4O4S. The highest BCUT2D eigenvalue weighted by molar-refractivity contribution is 7.86. The van der Waals surface area contributed by atoms with Crippen LogP contribution in [0.3, 0.4) is 0 Å². The molecule has 0 radical (unpaired) electrons. The average molecular weight is 296 g/mol. The van der Waals surface area contributed by atoms with E-state index in [2.05, 4.69) is 15.3 Å². The summed E-state index contributed by atoms with van der Waals surface area (Å²) < 4.78 is 28.6. The van der Waals surface area contributed by atoms with Gasteiger partial charge in [0.25, 0.3) is 10.1 Å². The third kappa shape index (κ3) is 2.90. The van der Waals surface area contributed by atoms with Gasteiger partial charge in [0.15, 0.2) is 0 Å². The molecule has 0 unspecified atom stereocenters. The molecule has 1 aromatic carbocycles. The molecule has 8 nitrogen and oxygen atoms in total. The van der Waals surface area contributed by atoms with E-state index in [-0.39, 0.29) is 11.5 Å². The zero-order valence-electron chi connectivity index (χ0n) is 10.6. The summed E-state index contributed by atoms with van der Waals surface area (Å²) in [6, 6.07) is 4.64. The van der Waals surface area contributed by atoms with Crippen LogP contribution in [0, 0.1) is 6.92 Å². The summed E-state index contributed by atoms with van der Waals surface area (Å²) in [5, 5.41) is 5.69. The largest absolute Gasteiger partial charge is 0.350 e. The summed E-state index contributed by atoms with van der Waals surface area (Å²) in [4.78, 5) is 13.6. The first-order valence-electron chi connectivity index (χ1n) is 5.75. The normalized spacial score (nSPS) is 21.6. The molecule has 9 heteroatoms. The minimum atomic E-state index is -3.89. The topological polar surface area (TPSA) is 121 Å². The first-order chi connectivity index (χ1) is 9.44. The Kier molecular flexibility index (Phi) is 3.93. The SMILES string of the molecule is Cc1ccc(S(=O)(=O)OC[C@@H]2NC(=O)[C@@H]2N=[N+]=[N-])cc1. The van der Waals surface area contributed by atoms with Crippen LogP contribution in [-0.4, -0.2) is 33.0 Å². The van der Waals surface area contributed by atoms with Crippen LogP contribution < -0.4 is 5.32 Å². The van der Waals surface area contributed by atoms with E-state index < -0.39 is 28.1 Å². The third-order valence-electron chi connectivity index (χ3n) is 2.87. The second-order valence-corrected chi connectivity index (χ2v) is 5.93. The molecule has 0 spiro atoms. The average Bonchev–Trinajstić information content (AvgIpc) is 2.41. The molecule has 1 fully saturated rings. The summed E-state index contributed by atoms with van der Waals surface area (Å²) in [6.07, 6.45) is 0. The van der Waals surface area contributed by atoms with Crippen molar-refractivity contribution in [3.63, 3.8) is 0 Å². The van der Waals surface area contributed by atoms with Crippen molar-refractivity contribution in [2.45, 2.75) is 23.9 Å². The van der Waals surface area contributed by atoms with Gasteiger partial charge >= 0.3 is 0 Å². The molecule has 0 bridgehead atoms. The van der Waals surface area contributed by atoms with E-state index in [9.17, 15) is 13.2 Å². The van der Waals surface area contributed by atoms with Crippen molar-refractivity contribution in [3.8, 4) is 0 Å². The summed E-state index contributed by atoms with van der Waals surface area (Å²) in [6.45, 7) is 1.57. The first kappa shape index (κ1) is 14.3. The zero-order valence-corrected chi connectivity index (χ0v) is 11.4. The second-order valence-electron chi connectivity index (χ2n) is 4.32. The maximum Gasteiger partial charge on any atom is 0.297 e. The Morgan fingerprint density at radius 3 is 2.60 bits per heavy atom. The van der Waals surface area contributed by atoms with Crippen LogP contribution in [0.5, 0.6) is 0 Å². The van der Waals surface area contributed by atoms with E-state index in [4.69, 9.17) is 9.71 Å². The van der Waals surface area contributed by atoms with Gasteiger partial charge in [-0.15, -0.1) is 0 Å². The highest BCUT2D eigenvalue weighted by atomic mass is 32.2. The number of hydrogen-bond acceptors (Lipinski definition) is 5. The van der Waals surface area contributed by atoms with Crippen molar-refractivity contribution in [1.29, 1.82) is 0 Å². The molecule has 1 heterocycles. The number of rotatable bonds is 5. The maximum atomic E-state index is 11.9. The number of carbonyl (C=O) groups excluding carboxylic acids is 1. The van der Waals surface area contributed by atoms with Crippen molar-refractivity contribution in [2.24, 2.45) is 5.11 Å². The summed E-state index contributed by atoms with van der Waals surface area (Å²) >= 11 is 0. The quantitative estimate of drug-likeness (QED) is 0.285. The number of aryl methyl sites for hydroxylation is 1. The van der Waals surface area contributed by atoms with Gasteiger partial charge in [0.2, 0.25) is 5.91 Å². The predicted molar refractivity (Wildman–Crippen MR) is 69.2 cm³/mol. The number of hydrogen-bond donors (Lipinski definition) is 1. The lowest BCUT2D eigenvalue weighted by atomic mass is 10.0. The van der Waals surface area contributed by atoms with Crippen LogP contribution in [0.15, 0.2) is 34.3 Å². The number of amides is 1. The van der Waals surface area contributed by atoms with E-state index >= 15 is 0 Å². The molecule has 1 amide bonds. The molecular weight excluding hydrogens is 284 g/mol. The summed E-state index contributed by atoms with van der Waals surface area (Å²) in [5.41, 5.74) is 9.22. The maximum absolute atomic E-state index is 11.9. The molecule has 0 aliphatic carbocycles. The smallest absolute Gasteiger partial charge is 0.297 e. The van der Waals surface area contributed by atoms with E-state index in [0.29, 0.717) is 0 Å². The lowest BCUT2D eigenvalue weighted by molar-refractivity contribution is -0.131. The Labute approximate surface area is 115 Å². The monoisotopic (exact) mass is 296 g/mol. The van der Waals surface area contributed by atoms with Crippen molar-refractivity contribution >= 4 is 16.0 Å². The summed E-state index contributed by atoms with van der Waals surface area (Å²) in [7, 11) is -3.89. The Bertz CT molecular complexity index is 662. The molecule has 1 aliphatic heterocycles. The highest BCUT2D eigenvalue weighted by Crippen LogP contribution is 2.17. The van der Waals surface area contributed by atoms with Crippen LogP contribution >= 0.6 is 0 Å². The molecule has 106 valence electrons. The Morgan fingerprint density at radius 1 is 1.40 bits per heavy atom. The van der Waals surface area contributed by atoms with Gasteiger partial charge in [0.05, 0.1) is 17.5 Å². The predicted octanol–water partition coefficient (Wildman–Crippen LogP) is 0.878. The van der Waals surface area contributed by atoms with Crippen LogP contribution in [0.4, 0.5) is 0 Å². The number of carbonyl (C=O) groups is 1. The highest BCUT2D eigenvalue weighted by Gasteiger charge is 2.39. The first-order valence-corrected chi connectivity index (χ1v) is 7.15. The molecule has 2 rings (SSSR count). The van der Waals surface area contributed by atoms with Crippen molar-refractivity contribution in [3.05, 3.63) is 40.3 Å². The number of benzene rings is 1. The molecule has 1 saturated heterocycles. The van der Waals surface area contributed by atoms with Crippen molar-refractivity contribution in [1.82, 2.24) is 5.32 Å². The van der Waals surface area contributed by atoms with Crippen LogP contribution in [0.1, 0.15) is 5.56 Å². The molecule has 0 aromatic heterocycles. The molecule has 1 aromatic rings. The van der Waals surface area contributed by atoms with E-state index in [1.807, 2.05) is 6.92 Å². The standard InChI is InChI=1S/C11H12N4O4S/c1-7-2-4-8(5-3-7)20(17,18)19-6-9-10(14-15-12)11(16)13-9/h2-5,9-10H,6H2,1H3,(H,13,16)/t9-,10+/m0/s1. The van der Waals surface area contributed by atoms with Gasteiger partial charge in [-0.05, 0) is 24.6 Å². The molecule has 0 saturated carbocycles. The van der Waals surface area contributed by atoms with Gasteiger partial charge in [-0.3, -0.25) is 8.98 Å². The van der Waals surface area contributed by atoms with Gasteiger partial charge in [-0.25, -0.2) is 0 Å². The van der Waals surface area contributed by atoms with E-state index in [0.717, 1.165) is 5.56 Å². The van der Waals surface area contributed by atoms with E-state index in [1.165, 1.54) is 12.1 Å². The fraction of sp³-hybridized carbons (Fsp3) is 0.364. The van der Waals surface area contributed by atoms with Crippen molar-refractivity contribution < 1.29 is 17.4 Å². The summed E-state index contributed by atoms with van der Waals surface area (Å²) in [5.74, 6) is -0.441. The second kappa shape index (κ2) is 5.49. The molecule has 20 heavy (non-hydrogen) atoms. The Hall–Kier alpha value is -2.09. The van der Waals surface area contributed by atoms with Crippen LogP contribution in [-0.2, 0) is 19.1 Å². The molecule has 2 atom stereocenters. The molecule has 1 aliphatic rings. The minimum Gasteiger partial charge on any atom is -0.350 e. The van der Waals surface area contributed by atoms with Crippen LogP contribution in [0.2, 0.25) is 0 Å². The third-order valence-corrected chi connectivity index (χ3v) is 4.16. The molecule has 1 N–H and O–H groups in total. The number of nitrogens with zero attached hydrogens (tertiary/aromatic N) is 3. The van der Waals surface area contributed by atoms with Crippen LogP contribution in [0.25, 0.3) is 10.4 Å². The number of β-lactam (4-membered cyclic amide) rings is 1. The number of nitrogens with one attached hydrogen (secondary N) is 1. The zero-order chi connectivity index (χ0) is 14.8. The van der Waals surface area contributed by atoms with Gasteiger partial charge in [0.1, 0.15) is 6.04 Å². The van der Waals surface area contributed by atoms with Gasteiger partial charge in [-0.2, -0.15) is 8.42 Å². The lowest BCUT2D eigenvalue weighted by Crippen LogP contribution is -2.63.